The maximum absolute atomic E-state index is 12.2. The van der Waals surface area contributed by atoms with Crippen LogP contribution >= 0.6 is 0 Å². The lowest BCUT2D eigenvalue weighted by Crippen LogP contribution is -2.49. The van der Waals surface area contributed by atoms with E-state index < -0.39 is 10.0 Å². The van der Waals surface area contributed by atoms with Gasteiger partial charge in [0.2, 0.25) is 16.0 Å². The average Bonchev–Trinajstić information content (AvgIpc) is 3.28. The summed E-state index contributed by atoms with van der Waals surface area (Å²) in [5.74, 6) is 1.62. The Morgan fingerprint density at radius 1 is 1.13 bits per heavy atom. The molecule has 2 unspecified atom stereocenters. The number of allylic oxidation sites excluding steroid dienone is 1. The normalized spacial score (nSPS) is 33.7. The Kier molecular flexibility index (Phi) is 4.32. The molecule has 3 atom stereocenters. The number of hydrogen-bond acceptors (Lipinski definition) is 6. The molecule has 7 nitrogen and oxygen atoms in total. The molecule has 1 aromatic heterocycles. The average molecular weight is 442 g/mol. The molecule has 1 N–H and O–H groups in total. The lowest BCUT2D eigenvalue weighted by molar-refractivity contribution is 0.236. The molecule has 4 fully saturated rings. The molecule has 2 aliphatic carbocycles. The molecule has 0 radical (unpaired) electrons. The zero-order valence-electron chi connectivity index (χ0n) is 18.1. The Bertz CT molecular complexity index is 1050. The maximum Gasteiger partial charge on any atom is 0.224 e. The fourth-order valence-corrected chi connectivity index (χ4v) is 8.22. The molecule has 1 spiro atoms. The molecular weight excluding hydrogens is 410 g/mol. The Morgan fingerprint density at radius 3 is 2.55 bits per heavy atom. The van der Waals surface area contributed by atoms with Crippen LogP contribution in [0.2, 0.25) is 0 Å². The third-order valence-corrected chi connectivity index (χ3v) is 9.60. The van der Waals surface area contributed by atoms with Crippen molar-refractivity contribution in [3.63, 3.8) is 0 Å². The van der Waals surface area contributed by atoms with E-state index in [9.17, 15) is 8.42 Å². The molecule has 166 valence electrons. The Hall–Kier alpha value is -1.93. The van der Waals surface area contributed by atoms with Gasteiger partial charge in [-0.3, -0.25) is 0 Å². The maximum atomic E-state index is 12.2. The van der Waals surface area contributed by atoms with Crippen LogP contribution < -0.4 is 10.2 Å². The largest absolute Gasteiger partial charge is 0.351 e. The van der Waals surface area contributed by atoms with Gasteiger partial charge >= 0.3 is 0 Å². The van der Waals surface area contributed by atoms with Crippen molar-refractivity contribution < 1.29 is 8.42 Å². The van der Waals surface area contributed by atoms with Crippen LogP contribution in [0.5, 0.6) is 0 Å². The van der Waals surface area contributed by atoms with E-state index in [-0.39, 0.29) is 18.1 Å². The van der Waals surface area contributed by atoms with Gasteiger partial charge in [-0.15, -0.1) is 0 Å². The number of piperidine rings is 1. The van der Waals surface area contributed by atoms with Crippen molar-refractivity contribution in [1.29, 1.82) is 0 Å². The summed E-state index contributed by atoms with van der Waals surface area (Å²) in [6, 6.07) is 0.874. The Balaban J connectivity index is 1.25. The fourth-order valence-electron chi connectivity index (χ4n) is 6.76. The van der Waals surface area contributed by atoms with Crippen LogP contribution in [0.4, 0.5) is 11.8 Å². The van der Waals surface area contributed by atoms with Crippen LogP contribution in [0.1, 0.15) is 63.4 Å². The van der Waals surface area contributed by atoms with Gasteiger partial charge in [-0.1, -0.05) is 13.0 Å². The first kappa shape index (κ1) is 19.7. The van der Waals surface area contributed by atoms with E-state index in [1.54, 1.807) is 4.31 Å². The van der Waals surface area contributed by atoms with Gasteiger partial charge < -0.3 is 10.2 Å². The van der Waals surface area contributed by atoms with E-state index in [1.807, 2.05) is 6.20 Å². The lowest BCUT2D eigenvalue weighted by atomic mass is 9.96. The van der Waals surface area contributed by atoms with Gasteiger partial charge in [0.1, 0.15) is 5.82 Å². The highest BCUT2D eigenvalue weighted by molar-refractivity contribution is 7.88. The van der Waals surface area contributed by atoms with Gasteiger partial charge in [-0.05, 0) is 68.9 Å². The smallest absolute Gasteiger partial charge is 0.224 e. The quantitative estimate of drug-likeness (QED) is 0.770. The van der Waals surface area contributed by atoms with Gasteiger partial charge in [0, 0.05) is 41.6 Å². The minimum atomic E-state index is -3.15. The van der Waals surface area contributed by atoms with E-state index >= 15 is 0 Å². The molecule has 0 aromatic carbocycles. The minimum Gasteiger partial charge on any atom is -0.351 e. The number of rotatable bonds is 4. The van der Waals surface area contributed by atoms with Crippen molar-refractivity contribution in [1.82, 2.24) is 14.3 Å². The van der Waals surface area contributed by atoms with Crippen molar-refractivity contribution in [2.45, 2.75) is 82.0 Å². The van der Waals surface area contributed by atoms with E-state index in [1.165, 1.54) is 38.4 Å². The number of sulfonamides is 1. The van der Waals surface area contributed by atoms with Gasteiger partial charge in [0.25, 0.3) is 0 Å². The second-order valence-corrected chi connectivity index (χ2v) is 12.1. The summed E-state index contributed by atoms with van der Waals surface area (Å²) < 4.78 is 26.1. The van der Waals surface area contributed by atoms with Crippen molar-refractivity contribution in [2.24, 2.45) is 5.41 Å². The van der Waals surface area contributed by atoms with E-state index in [0.717, 1.165) is 42.8 Å². The molecule has 8 heteroatoms. The van der Waals surface area contributed by atoms with E-state index in [0.29, 0.717) is 17.4 Å². The van der Waals surface area contributed by atoms with Crippen LogP contribution in [0, 0.1) is 5.41 Å². The van der Waals surface area contributed by atoms with Gasteiger partial charge in [-0.25, -0.2) is 13.4 Å². The van der Waals surface area contributed by atoms with E-state index in [4.69, 9.17) is 4.98 Å². The molecule has 2 saturated heterocycles. The summed E-state index contributed by atoms with van der Waals surface area (Å²) in [4.78, 5) is 11.9. The summed E-state index contributed by atoms with van der Waals surface area (Å²) in [6.45, 7) is 4.33. The predicted octanol–water partition coefficient (Wildman–Crippen LogP) is 3.52. The topological polar surface area (TPSA) is 78.4 Å². The van der Waals surface area contributed by atoms with Crippen molar-refractivity contribution in [3.05, 3.63) is 30.1 Å². The Labute approximate surface area is 184 Å². The van der Waals surface area contributed by atoms with Crippen molar-refractivity contribution in [2.75, 3.05) is 16.5 Å². The standard InChI is InChI=1S/C23H31N5O2S/c1-15-5-6-16-14-24-22(26-21(16)27(15)20-4-3-9-23(20)10-11-23)25-17-12-18-7-8-19(13-17)28(18)31(2,29)30/h5-6,14,17-20H,1,3-4,7-13H2,2H3,(H,24,25,26)/t17?,18?,19?,20-/m0/s1. The molecule has 6 rings (SSSR count). The number of nitrogens with one attached hydrogen (secondary N) is 1. The summed E-state index contributed by atoms with van der Waals surface area (Å²) in [5.41, 5.74) is 2.53. The Morgan fingerprint density at radius 2 is 1.87 bits per heavy atom. The zero-order valence-corrected chi connectivity index (χ0v) is 18.9. The molecule has 31 heavy (non-hydrogen) atoms. The monoisotopic (exact) mass is 441 g/mol. The molecule has 4 heterocycles. The van der Waals surface area contributed by atoms with Crippen LogP contribution in [-0.4, -0.2) is 53.1 Å². The second kappa shape index (κ2) is 6.78. The molecule has 1 aromatic rings. The summed E-state index contributed by atoms with van der Waals surface area (Å²) >= 11 is 0. The first-order valence-corrected chi connectivity index (χ1v) is 13.5. The third kappa shape index (κ3) is 3.21. The second-order valence-electron chi connectivity index (χ2n) is 10.2. The minimum absolute atomic E-state index is 0.0938. The van der Waals surface area contributed by atoms with Crippen LogP contribution in [-0.2, 0) is 10.0 Å². The SMILES string of the molecule is C=C1C=Cc2cnc(NC3CC4CCC(C3)N4S(C)(=O)=O)nc2N1[C@H]1CCCC12CC2. The molecule has 3 aliphatic heterocycles. The molecule has 2 bridgehead atoms. The number of fused-ring (bicyclic) bond motifs is 3. The van der Waals surface area contributed by atoms with E-state index in [2.05, 4.69) is 33.9 Å². The lowest BCUT2D eigenvalue weighted by Gasteiger charge is -2.38. The molecule has 0 amide bonds. The number of aromatic nitrogens is 2. The zero-order chi connectivity index (χ0) is 21.4. The predicted molar refractivity (Wildman–Crippen MR) is 122 cm³/mol. The summed E-state index contributed by atoms with van der Waals surface area (Å²) in [5, 5.41) is 3.54. The summed E-state index contributed by atoms with van der Waals surface area (Å²) in [7, 11) is -3.15. The number of hydrogen-bond donors (Lipinski definition) is 1. The van der Waals surface area contributed by atoms with Crippen LogP contribution in [0.3, 0.4) is 0 Å². The molecular formula is C23H31N5O2S. The highest BCUT2D eigenvalue weighted by Gasteiger charge is 2.55. The van der Waals surface area contributed by atoms with Gasteiger partial charge in [0.15, 0.2) is 0 Å². The van der Waals surface area contributed by atoms with Gasteiger partial charge in [-0.2, -0.15) is 9.29 Å². The van der Waals surface area contributed by atoms with Crippen LogP contribution in [0.25, 0.3) is 6.08 Å². The molecule has 5 aliphatic rings. The highest BCUT2D eigenvalue weighted by Crippen LogP contribution is 2.60. The first-order chi connectivity index (χ1) is 14.8. The number of anilines is 2. The van der Waals surface area contributed by atoms with Crippen molar-refractivity contribution >= 4 is 27.9 Å². The fraction of sp³-hybridized carbons (Fsp3) is 0.652. The summed E-state index contributed by atoms with van der Waals surface area (Å²) in [6.07, 6.45) is 17.4. The highest BCUT2D eigenvalue weighted by atomic mass is 32.2. The van der Waals surface area contributed by atoms with Gasteiger partial charge in [0.05, 0.1) is 6.26 Å². The third-order valence-electron chi connectivity index (χ3n) is 8.23. The number of nitrogens with zero attached hydrogens (tertiary/aromatic N) is 4. The first-order valence-electron chi connectivity index (χ1n) is 11.6. The van der Waals surface area contributed by atoms with Crippen molar-refractivity contribution in [3.8, 4) is 0 Å². The molecule has 2 saturated carbocycles. The van der Waals surface area contributed by atoms with Crippen LogP contribution in [0.15, 0.2) is 24.5 Å².